The van der Waals surface area contributed by atoms with Crippen LogP contribution in [0.3, 0.4) is 0 Å². The summed E-state index contributed by atoms with van der Waals surface area (Å²) in [6.07, 6.45) is 2.15. The lowest BCUT2D eigenvalue weighted by molar-refractivity contribution is -0.118. The van der Waals surface area contributed by atoms with Crippen molar-refractivity contribution < 1.29 is 9.53 Å². The Hall–Kier alpha value is -1.26. The Bertz CT molecular complexity index is 449. The highest BCUT2D eigenvalue weighted by atomic mass is 35.5. The molecule has 1 aliphatic rings. The molecule has 1 amide bonds. The van der Waals surface area contributed by atoms with Crippen LogP contribution in [0.25, 0.3) is 0 Å². The summed E-state index contributed by atoms with van der Waals surface area (Å²) in [5, 5.41) is 0. The van der Waals surface area contributed by atoms with Crippen LogP contribution in [0, 0.1) is 0 Å². The molecule has 0 bridgehead atoms. The van der Waals surface area contributed by atoms with E-state index in [-0.39, 0.29) is 24.4 Å². The van der Waals surface area contributed by atoms with Crippen LogP contribution in [0.2, 0.25) is 0 Å². The molecule has 4 nitrogen and oxygen atoms in total. The van der Waals surface area contributed by atoms with E-state index in [0.717, 1.165) is 30.8 Å². The maximum Gasteiger partial charge on any atom is 0.227 e. The second-order valence-corrected chi connectivity index (χ2v) is 4.81. The van der Waals surface area contributed by atoms with Gasteiger partial charge >= 0.3 is 0 Å². The van der Waals surface area contributed by atoms with E-state index in [1.165, 1.54) is 5.56 Å². The van der Waals surface area contributed by atoms with Crippen LogP contribution in [-0.4, -0.2) is 25.6 Å². The van der Waals surface area contributed by atoms with Crippen molar-refractivity contribution in [1.82, 2.24) is 0 Å². The van der Waals surface area contributed by atoms with E-state index in [9.17, 15) is 4.79 Å². The van der Waals surface area contributed by atoms with Crippen molar-refractivity contribution in [3.63, 3.8) is 0 Å². The van der Waals surface area contributed by atoms with Crippen LogP contribution >= 0.6 is 12.4 Å². The first-order valence-electron chi connectivity index (χ1n) is 6.34. The topological polar surface area (TPSA) is 55.6 Å². The Morgan fingerprint density at radius 3 is 2.89 bits per heavy atom. The maximum atomic E-state index is 12.1. The molecule has 1 atom stereocenters. The third-order valence-electron chi connectivity index (χ3n) is 3.30. The molecule has 1 aromatic carbocycles. The number of fused-ring (bicyclic) bond motifs is 1. The van der Waals surface area contributed by atoms with Gasteiger partial charge in [-0.15, -0.1) is 12.4 Å². The smallest absolute Gasteiger partial charge is 0.227 e. The fraction of sp³-hybridized carbons (Fsp3) is 0.500. The van der Waals surface area contributed by atoms with Crippen molar-refractivity contribution in [2.24, 2.45) is 5.73 Å². The lowest BCUT2D eigenvalue weighted by Crippen LogP contribution is -2.30. The minimum Gasteiger partial charge on any atom is -0.497 e. The normalized spacial score (nSPS) is 14.6. The van der Waals surface area contributed by atoms with Crippen molar-refractivity contribution >= 4 is 24.0 Å². The van der Waals surface area contributed by atoms with Gasteiger partial charge in [0.25, 0.3) is 0 Å². The number of methoxy groups -OCH3 is 1. The number of nitrogens with two attached hydrogens (primary N) is 1. The van der Waals surface area contributed by atoms with Crippen LogP contribution in [0.1, 0.15) is 25.3 Å². The van der Waals surface area contributed by atoms with Gasteiger partial charge < -0.3 is 15.4 Å². The van der Waals surface area contributed by atoms with E-state index < -0.39 is 0 Å². The molecule has 0 aliphatic carbocycles. The number of anilines is 1. The van der Waals surface area contributed by atoms with E-state index in [4.69, 9.17) is 10.5 Å². The van der Waals surface area contributed by atoms with Gasteiger partial charge in [-0.05, 0) is 43.5 Å². The standard InChI is InChI=1S/C14H20N2O2.ClH/c1-10(15)3-6-14(17)16-8-7-11-9-12(18-2)4-5-13(11)16;/h4-5,9-10H,3,6-8,15H2,1-2H3;1H. The van der Waals surface area contributed by atoms with Crippen molar-refractivity contribution in [3.05, 3.63) is 23.8 Å². The summed E-state index contributed by atoms with van der Waals surface area (Å²) in [7, 11) is 1.65. The summed E-state index contributed by atoms with van der Waals surface area (Å²) in [6, 6.07) is 5.95. The molecule has 0 aromatic heterocycles. The van der Waals surface area contributed by atoms with Gasteiger partial charge in [-0.25, -0.2) is 0 Å². The number of carbonyl (C=O) groups excluding carboxylic acids is 1. The minimum absolute atomic E-state index is 0. The summed E-state index contributed by atoms with van der Waals surface area (Å²) in [4.78, 5) is 14.0. The second kappa shape index (κ2) is 6.78. The molecule has 0 spiro atoms. The summed E-state index contributed by atoms with van der Waals surface area (Å²) < 4.78 is 5.19. The highest BCUT2D eigenvalue weighted by Gasteiger charge is 2.24. The number of benzene rings is 1. The van der Waals surface area contributed by atoms with Gasteiger partial charge in [0.05, 0.1) is 7.11 Å². The first-order valence-corrected chi connectivity index (χ1v) is 6.34. The molecule has 0 radical (unpaired) electrons. The number of ether oxygens (including phenoxy) is 1. The highest BCUT2D eigenvalue weighted by molar-refractivity contribution is 5.95. The van der Waals surface area contributed by atoms with Gasteiger partial charge in [-0.1, -0.05) is 0 Å². The lowest BCUT2D eigenvalue weighted by atomic mass is 10.1. The molecule has 1 aromatic rings. The zero-order valence-electron chi connectivity index (χ0n) is 11.4. The Morgan fingerprint density at radius 1 is 1.53 bits per heavy atom. The van der Waals surface area contributed by atoms with Crippen molar-refractivity contribution in [2.75, 3.05) is 18.6 Å². The number of amides is 1. The molecule has 1 aliphatic heterocycles. The van der Waals surface area contributed by atoms with Gasteiger partial charge in [-0.2, -0.15) is 0 Å². The fourth-order valence-corrected chi connectivity index (χ4v) is 2.25. The molecule has 2 N–H and O–H groups in total. The molecule has 0 saturated heterocycles. The predicted octanol–water partition coefficient (Wildman–Crippen LogP) is 2.13. The van der Waals surface area contributed by atoms with Crippen LogP contribution in [0.4, 0.5) is 5.69 Å². The van der Waals surface area contributed by atoms with Gasteiger partial charge in [0.1, 0.15) is 5.75 Å². The van der Waals surface area contributed by atoms with Crippen molar-refractivity contribution in [3.8, 4) is 5.75 Å². The van der Waals surface area contributed by atoms with Crippen molar-refractivity contribution in [2.45, 2.75) is 32.2 Å². The summed E-state index contributed by atoms with van der Waals surface area (Å²) in [5.74, 6) is 1.01. The summed E-state index contributed by atoms with van der Waals surface area (Å²) >= 11 is 0. The first-order chi connectivity index (χ1) is 8.61. The molecule has 106 valence electrons. The second-order valence-electron chi connectivity index (χ2n) is 4.81. The number of rotatable bonds is 4. The maximum absolute atomic E-state index is 12.1. The molecule has 0 saturated carbocycles. The van der Waals surface area contributed by atoms with Gasteiger partial charge in [0.15, 0.2) is 0 Å². The molecular weight excluding hydrogens is 264 g/mol. The predicted molar refractivity (Wildman–Crippen MR) is 79.2 cm³/mol. The number of halogens is 1. The van der Waals surface area contributed by atoms with Gasteiger partial charge in [0, 0.05) is 24.7 Å². The first kappa shape index (κ1) is 15.8. The average molecular weight is 285 g/mol. The quantitative estimate of drug-likeness (QED) is 0.921. The SMILES string of the molecule is COc1ccc2c(c1)CCN2C(=O)CCC(C)N.Cl. The van der Waals surface area contributed by atoms with Crippen LogP contribution in [-0.2, 0) is 11.2 Å². The monoisotopic (exact) mass is 284 g/mol. The minimum atomic E-state index is 0. The van der Waals surface area contributed by atoms with Crippen LogP contribution < -0.4 is 15.4 Å². The van der Waals surface area contributed by atoms with E-state index in [0.29, 0.717) is 6.42 Å². The zero-order valence-corrected chi connectivity index (χ0v) is 12.2. The molecule has 19 heavy (non-hydrogen) atoms. The third kappa shape index (κ3) is 3.61. The highest BCUT2D eigenvalue weighted by Crippen LogP contribution is 2.31. The zero-order chi connectivity index (χ0) is 13.1. The fourth-order valence-electron chi connectivity index (χ4n) is 2.25. The van der Waals surface area contributed by atoms with E-state index in [1.807, 2.05) is 30.0 Å². The summed E-state index contributed by atoms with van der Waals surface area (Å²) in [6.45, 7) is 2.69. The largest absolute Gasteiger partial charge is 0.497 e. The van der Waals surface area contributed by atoms with E-state index >= 15 is 0 Å². The lowest BCUT2D eigenvalue weighted by Gasteiger charge is -2.18. The van der Waals surface area contributed by atoms with Crippen molar-refractivity contribution in [1.29, 1.82) is 0 Å². The average Bonchev–Trinajstić information content (AvgIpc) is 2.78. The van der Waals surface area contributed by atoms with Gasteiger partial charge in [-0.3, -0.25) is 4.79 Å². The van der Waals surface area contributed by atoms with Crippen LogP contribution in [0.15, 0.2) is 18.2 Å². The van der Waals surface area contributed by atoms with Crippen LogP contribution in [0.5, 0.6) is 5.75 Å². The van der Waals surface area contributed by atoms with E-state index in [2.05, 4.69) is 0 Å². The molecule has 5 heteroatoms. The molecular formula is C14H21ClN2O2. The number of nitrogens with zero attached hydrogens (tertiary/aromatic N) is 1. The Labute approximate surface area is 120 Å². The molecule has 0 fully saturated rings. The number of carbonyl (C=O) groups is 1. The Kier molecular flexibility index (Phi) is 5.63. The Balaban J connectivity index is 0.00000180. The molecule has 2 rings (SSSR count). The molecule has 1 unspecified atom stereocenters. The van der Waals surface area contributed by atoms with E-state index in [1.54, 1.807) is 7.11 Å². The number of hydrogen-bond acceptors (Lipinski definition) is 3. The summed E-state index contributed by atoms with van der Waals surface area (Å²) in [5.41, 5.74) is 7.89. The number of hydrogen-bond donors (Lipinski definition) is 1. The molecule has 1 heterocycles. The van der Waals surface area contributed by atoms with Gasteiger partial charge in [0.2, 0.25) is 5.91 Å². The third-order valence-corrected chi connectivity index (χ3v) is 3.30. The Morgan fingerprint density at radius 2 is 2.26 bits per heavy atom.